The van der Waals surface area contributed by atoms with E-state index in [9.17, 15) is 4.79 Å². The van der Waals surface area contributed by atoms with Crippen LogP contribution >= 0.6 is 0 Å². The quantitative estimate of drug-likeness (QED) is 0.805. The summed E-state index contributed by atoms with van der Waals surface area (Å²) in [7, 11) is 5.23. The average Bonchev–Trinajstić information content (AvgIpc) is 2.60. The fourth-order valence-electron chi connectivity index (χ4n) is 2.95. The molecule has 2 aromatic rings. The normalized spacial score (nSPS) is 14.3. The number of hydrogen-bond donors (Lipinski definition) is 0. The highest BCUT2D eigenvalue weighted by atomic mass is 16.5. The highest BCUT2D eigenvalue weighted by Gasteiger charge is 2.34. The molecule has 1 aliphatic rings. The largest absolute Gasteiger partial charge is 0.497 e. The number of aromatic nitrogens is 1. The van der Waals surface area contributed by atoms with E-state index in [-0.39, 0.29) is 5.91 Å². The molecule has 1 amide bonds. The molecule has 1 aromatic heterocycles. The number of nitrogens with zero attached hydrogens (tertiary/aromatic N) is 3. The molecule has 3 rings (SSSR count). The van der Waals surface area contributed by atoms with Crippen LogP contribution in [0.3, 0.4) is 0 Å². The second-order valence-corrected chi connectivity index (χ2v) is 6.21. The minimum atomic E-state index is -0.00877. The summed E-state index contributed by atoms with van der Waals surface area (Å²) in [6.45, 7) is 2.25. The third kappa shape index (κ3) is 3.74. The number of rotatable bonds is 6. The number of methoxy groups -OCH3 is 2. The first-order valence-electron chi connectivity index (χ1n) is 8.23. The summed E-state index contributed by atoms with van der Waals surface area (Å²) in [6.07, 6.45) is 3.65. The number of carbonyl (C=O) groups is 1. The average molecular weight is 341 g/mol. The summed E-state index contributed by atoms with van der Waals surface area (Å²) in [5.74, 6) is 1.20. The van der Waals surface area contributed by atoms with E-state index in [4.69, 9.17) is 9.47 Å². The summed E-state index contributed by atoms with van der Waals surface area (Å²) in [5, 5.41) is 0. The zero-order chi connectivity index (χ0) is 17.8. The molecule has 0 radical (unpaired) electrons. The summed E-state index contributed by atoms with van der Waals surface area (Å²) >= 11 is 0. The fraction of sp³-hybridized carbons (Fsp3) is 0.368. The van der Waals surface area contributed by atoms with Crippen molar-refractivity contribution in [1.29, 1.82) is 0 Å². The Kier molecular flexibility index (Phi) is 5.19. The number of carbonyl (C=O) groups excluding carboxylic acids is 1. The molecule has 132 valence electrons. The number of benzene rings is 1. The molecule has 0 atom stereocenters. The molecule has 0 unspecified atom stereocenters. The Morgan fingerprint density at radius 2 is 2.08 bits per heavy atom. The lowest BCUT2D eigenvalue weighted by molar-refractivity contribution is 0.0318. The Bertz CT molecular complexity index is 730. The molecule has 1 aliphatic heterocycles. The van der Waals surface area contributed by atoms with E-state index in [1.54, 1.807) is 38.6 Å². The molecule has 1 aromatic carbocycles. The van der Waals surface area contributed by atoms with Gasteiger partial charge in [0.1, 0.15) is 11.5 Å². The number of pyridine rings is 1. The summed E-state index contributed by atoms with van der Waals surface area (Å²) < 4.78 is 10.5. The fourth-order valence-corrected chi connectivity index (χ4v) is 2.95. The Balaban J connectivity index is 1.59. The molecule has 6 heteroatoms. The van der Waals surface area contributed by atoms with Crippen molar-refractivity contribution in [2.24, 2.45) is 0 Å². The lowest BCUT2D eigenvalue weighted by Crippen LogP contribution is -2.59. The topological polar surface area (TPSA) is 54.9 Å². The van der Waals surface area contributed by atoms with Crippen molar-refractivity contribution in [3.63, 3.8) is 0 Å². The molecular formula is C19H23N3O3. The molecule has 0 spiro atoms. The molecule has 0 bridgehead atoms. The van der Waals surface area contributed by atoms with E-state index in [0.29, 0.717) is 36.2 Å². The van der Waals surface area contributed by atoms with Gasteiger partial charge in [0.15, 0.2) is 0 Å². The van der Waals surface area contributed by atoms with Gasteiger partial charge in [-0.1, -0.05) is 6.07 Å². The van der Waals surface area contributed by atoms with Gasteiger partial charge in [-0.2, -0.15) is 0 Å². The monoisotopic (exact) mass is 341 g/mol. The van der Waals surface area contributed by atoms with E-state index in [0.717, 1.165) is 6.54 Å². The molecule has 2 heterocycles. The first-order valence-corrected chi connectivity index (χ1v) is 8.23. The maximum Gasteiger partial charge on any atom is 0.257 e. The minimum Gasteiger partial charge on any atom is -0.497 e. The maximum atomic E-state index is 12.7. The van der Waals surface area contributed by atoms with Crippen molar-refractivity contribution in [3.05, 3.63) is 53.9 Å². The van der Waals surface area contributed by atoms with Gasteiger partial charge in [0.05, 0.1) is 19.8 Å². The standard InChI is InChI=1S/C19H23N3O3/c1-21(11-14-5-4-8-20-10-14)15-12-22(13-15)19(23)17-7-6-16(24-2)9-18(17)25-3/h4-10,15H,11-13H2,1-3H3. The Morgan fingerprint density at radius 3 is 2.72 bits per heavy atom. The number of ether oxygens (including phenoxy) is 2. The van der Waals surface area contributed by atoms with Gasteiger partial charge in [-0.15, -0.1) is 0 Å². The lowest BCUT2D eigenvalue weighted by Gasteiger charge is -2.44. The van der Waals surface area contributed by atoms with Crippen LogP contribution in [0.5, 0.6) is 11.5 Å². The van der Waals surface area contributed by atoms with Crippen molar-refractivity contribution < 1.29 is 14.3 Å². The third-order valence-electron chi connectivity index (χ3n) is 4.57. The van der Waals surface area contributed by atoms with Crippen LogP contribution in [0.15, 0.2) is 42.7 Å². The zero-order valence-corrected chi connectivity index (χ0v) is 14.8. The second-order valence-electron chi connectivity index (χ2n) is 6.21. The van der Waals surface area contributed by atoms with E-state index in [2.05, 4.69) is 23.0 Å². The van der Waals surface area contributed by atoms with Crippen LogP contribution in [-0.2, 0) is 6.54 Å². The van der Waals surface area contributed by atoms with Crippen molar-refractivity contribution >= 4 is 5.91 Å². The van der Waals surface area contributed by atoms with Crippen molar-refractivity contribution in [2.75, 3.05) is 34.4 Å². The van der Waals surface area contributed by atoms with E-state index >= 15 is 0 Å². The lowest BCUT2D eigenvalue weighted by atomic mass is 10.0. The van der Waals surface area contributed by atoms with Gasteiger partial charge in [-0.05, 0) is 30.8 Å². The molecule has 1 saturated heterocycles. The SMILES string of the molecule is COc1ccc(C(=O)N2CC(N(C)Cc3cccnc3)C2)c(OC)c1. The first-order chi connectivity index (χ1) is 12.1. The van der Waals surface area contributed by atoms with Crippen molar-refractivity contribution in [3.8, 4) is 11.5 Å². The van der Waals surface area contributed by atoms with E-state index < -0.39 is 0 Å². The minimum absolute atomic E-state index is 0.00877. The molecule has 6 nitrogen and oxygen atoms in total. The van der Waals surface area contributed by atoms with E-state index in [1.807, 2.05) is 17.2 Å². The maximum absolute atomic E-state index is 12.7. The van der Waals surface area contributed by atoms with Gasteiger partial charge >= 0.3 is 0 Å². The van der Waals surface area contributed by atoms with Crippen molar-refractivity contribution in [1.82, 2.24) is 14.8 Å². The second kappa shape index (κ2) is 7.53. The van der Waals surface area contributed by atoms with Gasteiger partial charge in [0, 0.05) is 44.1 Å². The molecule has 0 saturated carbocycles. The van der Waals surface area contributed by atoms with E-state index in [1.165, 1.54) is 5.56 Å². The smallest absolute Gasteiger partial charge is 0.257 e. The van der Waals surface area contributed by atoms with Crippen LogP contribution in [-0.4, -0.2) is 61.1 Å². The van der Waals surface area contributed by atoms with Gasteiger partial charge in [-0.25, -0.2) is 0 Å². The predicted molar refractivity (Wildman–Crippen MR) is 94.9 cm³/mol. The van der Waals surface area contributed by atoms with Crippen LogP contribution in [0.25, 0.3) is 0 Å². The molecule has 1 fully saturated rings. The van der Waals surface area contributed by atoms with Crippen molar-refractivity contribution in [2.45, 2.75) is 12.6 Å². The van der Waals surface area contributed by atoms with Crippen LogP contribution in [0.2, 0.25) is 0 Å². The summed E-state index contributed by atoms with van der Waals surface area (Å²) in [4.78, 5) is 20.9. The number of likely N-dealkylation sites (tertiary alicyclic amines) is 1. The molecule has 0 N–H and O–H groups in total. The molecular weight excluding hydrogens is 318 g/mol. The third-order valence-corrected chi connectivity index (χ3v) is 4.57. The highest BCUT2D eigenvalue weighted by molar-refractivity contribution is 5.97. The highest BCUT2D eigenvalue weighted by Crippen LogP contribution is 2.28. The first kappa shape index (κ1) is 17.2. The van der Waals surface area contributed by atoms with Crippen LogP contribution in [0.1, 0.15) is 15.9 Å². The number of likely N-dealkylation sites (N-methyl/N-ethyl adjacent to an activating group) is 1. The summed E-state index contributed by atoms with van der Waals surface area (Å²) in [5.41, 5.74) is 1.74. The van der Waals surface area contributed by atoms with Gasteiger partial charge in [0.25, 0.3) is 5.91 Å². The summed E-state index contributed by atoms with van der Waals surface area (Å²) in [6, 6.07) is 9.63. The number of hydrogen-bond acceptors (Lipinski definition) is 5. The van der Waals surface area contributed by atoms with Gasteiger partial charge in [-0.3, -0.25) is 14.7 Å². The van der Waals surface area contributed by atoms with Crippen LogP contribution in [0, 0.1) is 0 Å². The van der Waals surface area contributed by atoms with Gasteiger partial charge < -0.3 is 14.4 Å². The number of amides is 1. The Labute approximate surface area is 148 Å². The predicted octanol–water partition coefficient (Wildman–Crippen LogP) is 2.06. The molecule has 0 aliphatic carbocycles. The van der Waals surface area contributed by atoms with Crippen LogP contribution in [0.4, 0.5) is 0 Å². The Morgan fingerprint density at radius 1 is 1.28 bits per heavy atom. The Hall–Kier alpha value is -2.60. The van der Waals surface area contributed by atoms with Crippen LogP contribution < -0.4 is 9.47 Å². The zero-order valence-electron chi connectivity index (χ0n) is 14.8. The van der Waals surface area contributed by atoms with Gasteiger partial charge in [0.2, 0.25) is 0 Å². The molecule has 25 heavy (non-hydrogen) atoms.